The van der Waals surface area contributed by atoms with Gasteiger partial charge in [-0.15, -0.1) is 0 Å². The van der Waals surface area contributed by atoms with E-state index < -0.39 is 6.09 Å². The van der Waals surface area contributed by atoms with Crippen molar-refractivity contribution in [2.45, 2.75) is 6.61 Å². The fraction of sp³-hybridized carbons (Fsp3) is 0.273. The van der Waals surface area contributed by atoms with Crippen molar-refractivity contribution in [3.8, 4) is 0 Å². The highest BCUT2D eigenvalue weighted by Crippen LogP contribution is 2.00. The van der Waals surface area contributed by atoms with Crippen molar-refractivity contribution >= 4 is 12.0 Å². The first-order valence-corrected chi connectivity index (χ1v) is 4.87. The molecule has 0 saturated heterocycles. The number of nitrogens with one attached hydrogen (secondary N) is 2. The zero-order valence-corrected chi connectivity index (χ0v) is 9.03. The normalized spacial score (nSPS) is 9.31. The number of ether oxygens (including phenoxy) is 1. The maximum atomic E-state index is 11.1. The van der Waals surface area contributed by atoms with Crippen LogP contribution in [0.5, 0.6) is 0 Å². The quantitative estimate of drug-likeness (QED) is 0.786. The lowest BCUT2D eigenvalue weighted by atomic mass is 10.2. The Kier molecular flexibility index (Phi) is 4.85. The fourth-order valence-electron chi connectivity index (χ4n) is 1.01. The second-order valence-corrected chi connectivity index (χ2v) is 3.09. The van der Waals surface area contributed by atoms with Gasteiger partial charge < -0.3 is 15.4 Å². The average Bonchev–Trinajstić information content (AvgIpc) is 2.34. The molecule has 1 aromatic carbocycles. The molecule has 0 aliphatic heterocycles. The third kappa shape index (κ3) is 4.45. The molecule has 0 aliphatic carbocycles. The van der Waals surface area contributed by atoms with E-state index in [9.17, 15) is 9.59 Å². The predicted octanol–water partition coefficient (Wildman–Crippen LogP) is 0.659. The van der Waals surface area contributed by atoms with Crippen molar-refractivity contribution in [2.24, 2.45) is 0 Å². The van der Waals surface area contributed by atoms with Crippen LogP contribution in [0.2, 0.25) is 0 Å². The summed E-state index contributed by atoms with van der Waals surface area (Å²) >= 11 is 0. The smallest absolute Gasteiger partial charge is 0.407 e. The first-order chi connectivity index (χ1) is 7.72. The number of likely N-dealkylation sites (N-methyl/N-ethyl adjacent to an activating group) is 1. The summed E-state index contributed by atoms with van der Waals surface area (Å²) in [4.78, 5) is 21.9. The molecule has 0 spiro atoms. The van der Waals surface area contributed by atoms with Crippen LogP contribution in [0.1, 0.15) is 5.56 Å². The molecule has 1 aromatic rings. The SMILES string of the molecule is CNC(=O)CNC(=O)OCc1ccccc1. The summed E-state index contributed by atoms with van der Waals surface area (Å²) in [7, 11) is 1.50. The molecule has 16 heavy (non-hydrogen) atoms. The molecule has 5 nitrogen and oxygen atoms in total. The molecule has 2 amide bonds. The van der Waals surface area contributed by atoms with E-state index in [2.05, 4.69) is 10.6 Å². The zero-order valence-electron chi connectivity index (χ0n) is 9.03. The van der Waals surface area contributed by atoms with Gasteiger partial charge in [-0.25, -0.2) is 4.79 Å². The highest BCUT2D eigenvalue weighted by molar-refractivity contribution is 5.81. The van der Waals surface area contributed by atoms with Crippen molar-refractivity contribution in [3.63, 3.8) is 0 Å². The molecule has 0 fully saturated rings. The van der Waals surface area contributed by atoms with Crippen LogP contribution >= 0.6 is 0 Å². The standard InChI is InChI=1S/C11H14N2O3/c1-12-10(14)7-13-11(15)16-8-9-5-3-2-4-6-9/h2-6H,7-8H2,1H3,(H,12,14)(H,13,15). The summed E-state index contributed by atoms with van der Waals surface area (Å²) in [6.07, 6.45) is -0.604. The lowest BCUT2D eigenvalue weighted by molar-refractivity contribution is -0.119. The second-order valence-electron chi connectivity index (χ2n) is 3.09. The van der Waals surface area contributed by atoms with E-state index in [1.165, 1.54) is 7.05 Å². The van der Waals surface area contributed by atoms with Crippen LogP contribution in [0.3, 0.4) is 0 Å². The number of carbonyl (C=O) groups excluding carboxylic acids is 2. The van der Waals surface area contributed by atoms with Gasteiger partial charge in [0.15, 0.2) is 0 Å². The van der Waals surface area contributed by atoms with E-state index in [0.29, 0.717) is 0 Å². The van der Waals surface area contributed by atoms with Crippen LogP contribution in [0.4, 0.5) is 4.79 Å². The first-order valence-electron chi connectivity index (χ1n) is 4.87. The van der Waals surface area contributed by atoms with E-state index in [1.54, 1.807) is 0 Å². The minimum absolute atomic E-state index is 0.0792. The number of hydrogen-bond donors (Lipinski definition) is 2. The van der Waals surface area contributed by atoms with Crippen LogP contribution in [-0.2, 0) is 16.1 Å². The van der Waals surface area contributed by atoms with Crippen LogP contribution < -0.4 is 10.6 Å². The third-order valence-corrected chi connectivity index (χ3v) is 1.88. The second kappa shape index (κ2) is 6.44. The largest absolute Gasteiger partial charge is 0.445 e. The molecule has 0 aromatic heterocycles. The molecule has 5 heteroatoms. The molecule has 0 atom stereocenters. The summed E-state index contributed by atoms with van der Waals surface area (Å²) in [5, 5.41) is 4.72. The maximum Gasteiger partial charge on any atom is 0.407 e. The molecule has 0 unspecified atom stereocenters. The molecular formula is C11H14N2O3. The Balaban J connectivity index is 2.23. The first kappa shape index (κ1) is 12.0. The van der Waals surface area contributed by atoms with Gasteiger partial charge in [-0.05, 0) is 5.56 Å². The number of rotatable bonds is 4. The molecule has 2 N–H and O–H groups in total. The Labute approximate surface area is 93.8 Å². The maximum absolute atomic E-state index is 11.1. The molecular weight excluding hydrogens is 208 g/mol. The van der Waals surface area contributed by atoms with E-state index in [4.69, 9.17) is 4.74 Å². The Hall–Kier alpha value is -2.04. The minimum atomic E-state index is -0.604. The molecule has 1 rings (SSSR count). The predicted molar refractivity (Wildman–Crippen MR) is 58.7 cm³/mol. The lowest BCUT2D eigenvalue weighted by Gasteiger charge is -2.06. The summed E-state index contributed by atoms with van der Waals surface area (Å²) in [6.45, 7) is 0.116. The number of alkyl carbamates (subject to hydrolysis) is 1. The summed E-state index contributed by atoms with van der Waals surface area (Å²) in [5.74, 6) is -0.267. The summed E-state index contributed by atoms with van der Waals surface area (Å²) < 4.78 is 4.89. The number of benzene rings is 1. The lowest BCUT2D eigenvalue weighted by Crippen LogP contribution is -2.35. The van der Waals surface area contributed by atoms with Gasteiger partial charge in [0.1, 0.15) is 6.61 Å². The molecule has 0 saturated carbocycles. The van der Waals surface area contributed by atoms with E-state index >= 15 is 0 Å². The molecule has 0 heterocycles. The Bertz CT molecular complexity index is 352. The van der Waals surface area contributed by atoms with Gasteiger partial charge >= 0.3 is 6.09 Å². The summed E-state index contributed by atoms with van der Waals surface area (Å²) in [6, 6.07) is 9.31. The monoisotopic (exact) mass is 222 g/mol. The number of carbonyl (C=O) groups is 2. The van der Waals surface area contributed by atoms with Crippen LogP contribution in [0.25, 0.3) is 0 Å². The van der Waals surface area contributed by atoms with Crippen LogP contribution in [0.15, 0.2) is 30.3 Å². The molecule has 86 valence electrons. The van der Waals surface area contributed by atoms with Crippen molar-refractivity contribution < 1.29 is 14.3 Å². The highest BCUT2D eigenvalue weighted by atomic mass is 16.5. The number of amides is 2. The van der Waals surface area contributed by atoms with Gasteiger partial charge in [-0.3, -0.25) is 4.79 Å². The van der Waals surface area contributed by atoms with Crippen molar-refractivity contribution in [2.75, 3.05) is 13.6 Å². The van der Waals surface area contributed by atoms with Crippen LogP contribution in [-0.4, -0.2) is 25.6 Å². The summed E-state index contributed by atoms with van der Waals surface area (Å²) in [5.41, 5.74) is 0.901. The minimum Gasteiger partial charge on any atom is -0.445 e. The van der Waals surface area contributed by atoms with Crippen LogP contribution in [0, 0.1) is 0 Å². The average molecular weight is 222 g/mol. The van der Waals surface area contributed by atoms with Crippen molar-refractivity contribution in [1.29, 1.82) is 0 Å². The molecule has 0 radical (unpaired) electrons. The van der Waals surface area contributed by atoms with Gasteiger partial charge in [-0.1, -0.05) is 30.3 Å². The Morgan fingerprint density at radius 1 is 1.25 bits per heavy atom. The van der Waals surface area contributed by atoms with Crippen molar-refractivity contribution in [3.05, 3.63) is 35.9 Å². The van der Waals surface area contributed by atoms with Gasteiger partial charge in [0, 0.05) is 7.05 Å². The Morgan fingerprint density at radius 3 is 2.56 bits per heavy atom. The number of hydrogen-bond acceptors (Lipinski definition) is 3. The van der Waals surface area contributed by atoms with Crippen molar-refractivity contribution in [1.82, 2.24) is 10.6 Å². The molecule has 0 bridgehead atoms. The topological polar surface area (TPSA) is 67.4 Å². The third-order valence-electron chi connectivity index (χ3n) is 1.88. The Morgan fingerprint density at radius 2 is 1.94 bits per heavy atom. The molecule has 0 aliphatic rings. The fourth-order valence-corrected chi connectivity index (χ4v) is 1.01. The zero-order chi connectivity index (χ0) is 11.8. The van der Waals surface area contributed by atoms with E-state index in [0.717, 1.165) is 5.56 Å². The van der Waals surface area contributed by atoms with Gasteiger partial charge in [0.25, 0.3) is 0 Å². The van der Waals surface area contributed by atoms with Gasteiger partial charge in [0.2, 0.25) is 5.91 Å². The van der Waals surface area contributed by atoms with Gasteiger partial charge in [0.05, 0.1) is 6.54 Å². The van der Waals surface area contributed by atoms with Gasteiger partial charge in [-0.2, -0.15) is 0 Å². The van der Waals surface area contributed by atoms with E-state index in [1.807, 2.05) is 30.3 Å². The highest BCUT2D eigenvalue weighted by Gasteiger charge is 2.04. The van der Waals surface area contributed by atoms with E-state index in [-0.39, 0.29) is 19.1 Å².